The maximum Gasteiger partial charge on any atom is 0.163 e. The minimum absolute atomic E-state index is 0.103. The van der Waals surface area contributed by atoms with Crippen molar-refractivity contribution in [3.63, 3.8) is 0 Å². The molecule has 0 N–H and O–H groups in total. The molecule has 1 aliphatic carbocycles. The summed E-state index contributed by atoms with van der Waals surface area (Å²) in [5.41, 5.74) is 0.752. The first-order chi connectivity index (χ1) is 9.75. The Bertz CT molecular complexity index is 474. The third kappa shape index (κ3) is 2.70. The predicted octanol–water partition coefficient (Wildman–Crippen LogP) is 2.35. The quantitative estimate of drug-likeness (QED) is 0.792. The van der Waals surface area contributed by atoms with Gasteiger partial charge in [-0.1, -0.05) is 12.8 Å². The van der Waals surface area contributed by atoms with Gasteiger partial charge in [-0.25, -0.2) is 4.98 Å². The van der Waals surface area contributed by atoms with Crippen LogP contribution in [0.4, 0.5) is 5.82 Å². The van der Waals surface area contributed by atoms with Gasteiger partial charge in [0.25, 0.3) is 0 Å². The van der Waals surface area contributed by atoms with E-state index in [0.717, 1.165) is 43.6 Å². The summed E-state index contributed by atoms with van der Waals surface area (Å²) >= 11 is 0. The molecule has 1 aromatic rings. The molecular formula is C16H23N3O. The molecule has 0 amide bonds. The van der Waals surface area contributed by atoms with Crippen LogP contribution in [0.5, 0.6) is 0 Å². The van der Waals surface area contributed by atoms with Gasteiger partial charge in [0.15, 0.2) is 5.78 Å². The smallest absolute Gasteiger partial charge is 0.163 e. The SMILES string of the molecule is CC(=O)c1cccnc1N1CCN(C2CCCC2)CC1. The van der Waals surface area contributed by atoms with Crippen molar-refractivity contribution in [2.24, 2.45) is 0 Å². The van der Waals surface area contributed by atoms with E-state index in [1.165, 1.54) is 25.7 Å². The van der Waals surface area contributed by atoms with Crippen molar-refractivity contribution in [1.82, 2.24) is 9.88 Å². The molecular weight excluding hydrogens is 250 g/mol. The molecule has 0 aromatic carbocycles. The number of carbonyl (C=O) groups is 1. The Labute approximate surface area is 120 Å². The van der Waals surface area contributed by atoms with Crippen molar-refractivity contribution < 1.29 is 4.79 Å². The van der Waals surface area contributed by atoms with Crippen LogP contribution in [-0.2, 0) is 0 Å². The molecule has 1 aromatic heterocycles. The number of hydrogen-bond acceptors (Lipinski definition) is 4. The molecule has 1 saturated heterocycles. The van der Waals surface area contributed by atoms with Gasteiger partial charge in [0.05, 0.1) is 5.56 Å². The average molecular weight is 273 g/mol. The lowest BCUT2D eigenvalue weighted by molar-refractivity contribution is 0.101. The van der Waals surface area contributed by atoms with Gasteiger partial charge in [-0.05, 0) is 31.9 Å². The van der Waals surface area contributed by atoms with Crippen LogP contribution in [0.25, 0.3) is 0 Å². The fourth-order valence-electron chi connectivity index (χ4n) is 3.49. The van der Waals surface area contributed by atoms with Crippen LogP contribution in [0.1, 0.15) is 43.0 Å². The highest BCUT2D eigenvalue weighted by molar-refractivity contribution is 5.98. The molecule has 4 heteroatoms. The third-order valence-corrected chi connectivity index (χ3v) is 4.62. The van der Waals surface area contributed by atoms with Crippen LogP contribution in [-0.4, -0.2) is 47.9 Å². The highest BCUT2D eigenvalue weighted by Crippen LogP contribution is 2.26. The lowest BCUT2D eigenvalue weighted by Crippen LogP contribution is -2.50. The van der Waals surface area contributed by atoms with E-state index >= 15 is 0 Å². The van der Waals surface area contributed by atoms with Crippen LogP contribution in [0.3, 0.4) is 0 Å². The number of nitrogens with zero attached hydrogens (tertiary/aromatic N) is 3. The summed E-state index contributed by atoms with van der Waals surface area (Å²) in [6, 6.07) is 4.52. The molecule has 0 bridgehead atoms. The standard InChI is InChI=1S/C16H23N3O/c1-13(20)15-7-4-8-17-16(15)19-11-9-18(10-12-19)14-5-2-3-6-14/h4,7-8,14H,2-3,5-6,9-12H2,1H3. The molecule has 2 fully saturated rings. The average Bonchev–Trinajstić information content (AvgIpc) is 3.02. The fourth-order valence-corrected chi connectivity index (χ4v) is 3.49. The second-order valence-corrected chi connectivity index (χ2v) is 5.89. The zero-order valence-corrected chi connectivity index (χ0v) is 12.2. The van der Waals surface area contributed by atoms with Crippen molar-refractivity contribution in [2.45, 2.75) is 38.6 Å². The number of carbonyl (C=O) groups excluding carboxylic acids is 1. The molecule has 0 unspecified atom stereocenters. The molecule has 3 rings (SSSR count). The van der Waals surface area contributed by atoms with E-state index in [1.54, 1.807) is 13.1 Å². The lowest BCUT2D eigenvalue weighted by atomic mass is 10.1. The van der Waals surface area contributed by atoms with E-state index in [-0.39, 0.29) is 5.78 Å². The van der Waals surface area contributed by atoms with Crippen molar-refractivity contribution in [1.29, 1.82) is 0 Å². The van der Waals surface area contributed by atoms with Gasteiger partial charge < -0.3 is 4.90 Å². The van der Waals surface area contributed by atoms with E-state index in [1.807, 2.05) is 12.1 Å². The predicted molar refractivity (Wildman–Crippen MR) is 80.3 cm³/mol. The Morgan fingerprint density at radius 3 is 2.55 bits per heavy atom. The van der Waals surface area contributed by atoms with Gasteiger partial charge >= 0.3 is 0 Å². The number of hydrogen-bond donors (Lipinski definition) is 0. The van der Waals surface area contributed by atoms with Crippen molar-refractivity contribution >= 4 is 11.6 Å². The maximum atomic E-state index is 11.7. The second-order valence-electron chi connectivity index (χ2n) is 5.89. The first-order valence-corrected chi connectivity index (χ1v) is 7.70. The van der Waals surface area contributed by atoms with Crippen molar-refractivity contribution in [2.75, 3.05) is 31.1 Å². The number of aromatic nitrogens is 1. The van der Waals surface area contributed by atoms with Crippen LogP contribution in [0.2, 0.25) is 0 Å². The summed E-state index contributed by atoms with van der Waals surface area (Å²) in [4.78, 5) is 21.0. The Morgan fingerprint density at radius 2 is 1.90 bits per heavy atom. The van der Waals surface area contributed by atoms with E-state index in [2.05, 4.69) is 14.8 Å². The van der Waals surface area contributed by atoms with Gasteiger partial charge in [-0.3, -0.25) is 9.69 Å². The minimum Gasteiger partial charge on any atom is -0.353 e. The first-order valence-electron chi connectivity index (χ1n) is 7.70. The topological polar surface area (TPSA) is 36.4 Å². The summed E-state index contributed by atoms with van der Waals surface area (Å²) < 4.78 is 0. The van der Waals surface area contributed by atoms with E-state index in [0.29, 0.717) is 0 Å². The van der Waals surface area contributed by atoms with Crippen molar-refractivity contribution in [3.05, 3.63) is 23.9 Å². The second kappa shape index (κ2) is 5.92. The Kier molecular flexibility index (Phi) is 4.01. The van der Waals surface area contributed by atoms with E-state index < -0.39 is 0 Å². The fraction of sp³-hybridized carbons (Fsp3) is 0.625. The number of pyridine rings is 1. The third-order valence-electron chi connectivity index (χ3n) is 4.62. The highest BCUT2D eigenvalue weighted by Gasteiger charge is 2.27. The Balaban J connectivity index is 1.67. The Hall–Kier alpha value is -1.42. The summed E-state index contributed by atoms with van der Waals surface area (Å²) in [5.74, 6) is 0.970. The van der Waals surface area contributed by atoms with Crippen LogP contribution >= 0.6 is 0 Å². The summed E-state index contributed by atoms with van der Waals surface area (Å²) in [7, 11) is 0. The van der Waals surface area contributed by atoms with Crippen LogP contribution in [0, 0.1) is 0 Å². The largest absolute Gasteiger partial charge is 0.353 e. The van der Waals surface area contributed by atoms with Gasteiger partial charge in [0.2, 0.25) is 0 Å². The number of piperazine rings is 1. The highest BCUT2D eigenvalue weighted by atomic mass is 16.1. The lowest BCUT2D eigenvalue weighted by Gasteiger charge is -2.39. The molecule has 0 radical (unpaired) electrons. The molecule has 2 aliphatic rings. The number of anilines is 1. The zero-order valence-electron chi connectivity index (χ0n) is 12.2. The van der Waals surface area contributed by atoms with E-state index in [9.17, 15) is 4.79 Å². The zero-order chi connectivity index (χ0) is 13.9. The maximum absolute atomic E-state index is 11.7. The molecule has 0 spiro atoms. The van der Waals surface area contributed by atoms with Gasteiger partial charge in [0.1, 0.15) is 5.82 Å². The molecule has 1 aliphatic heterocycles. The molecule has 1 saturated carbocycles. The summed E-state index contributed by atoms with van der Waals surface area (Å²) in [6.07, 6.45) is 7.29. The summed E-state index contributed by atoms with van der Waals surface area (Å²) in [6.45, 7) is 5.77. The molecule has 108 valence electrons. The van der Waals surface area contributed by atoms with E-state index in [4.69, 9.17) is 0 Å². The minimum atomic E-state index is 0.103. The van der Waals surface area contributed by atoms with Gasteiger partial charge in [-0.2, -0.15) is 0 Å². The van der Waals surface area contributed by atoms with Gasteiger partial charge in [-0.15, -0.1) is 0 Å². The first kappa shape index (κ1) is 13.6. The van der Waals surface area contributed by atoms with Crippen LogP contribution < -0.4 is 4.90 Å². The monoisotopic (exact) mass is 273 g/mol. The molecule has 20 heavy (non-hydrogen) atoms. The number of rotatable bonds is 3. The van der Waals surface area contributed by atoms with Gasteiger partial charge in [0, 0.05) is 38.4 Å². The Morgan fingerprint density at radius 1 is 1.20 bits per heavy atom. The van der Waals surface area contributed by atoms with Crippen molar-refractivity contribution in [3.8, 4) is 0 Å². The molecule has 4 nitrogen and oxygen atoms in total. The van der Waals surface area contributed by atoms with Crippen LogP contribution in [0.15, 0.2) is 18.3 Å². The summed E-state index contributed by atoms with van der Waals surface area (Å²) in [5, 5.41) is 0. The normalized spacial score (nSPS) is 21.4. The number of Topliss-reactive ketones (excluding diaryl/α,β-unsaturated/α-hetero) is 1. The number of ketones is 1. The molecule has 0 atom stereocenters. The molecule has 2 heterocycles.